The van der Waals surface area contributed by atoms with Crippen LogP contribution in [0.15, 0.2) is 67.1 Å². The number of nitrogens with one attached hydrogen (secondary N) is 1. The lowest BCUT2D eigenvalue weighted by atomic mass is 10.0. The van der Waals surface area contributed by atoms with Gasteiger partial charge in [-0.05, 0) is 67.9 Å². The number of nitrogens with zero attached hydrogens (tertiary/aromatic N) is 7. The Bertz CT molecular complexity index is 1610. The molecule has 1 N–H and O–H groups in total. The van der Waals surface area contributed by atoms with Gasteiger partial charge in [-0.1, -0.05) is 16.8 Å². The average molecular weight is 455 g/mol. The number of rotatable bonds is 4. The summed E-state index contributed by atoms with van der Waals surface area (Å²) in [5.41, 5.74) is 7.66. The average Bonchev–Trinajstić information content (AvgIpc) is 3.57. The third kappa shape index (κ3) is 3.27. The Morgan fingerprint density at radius 1 is 1.03 bits per heavy atom. The first-order valence-electron chi connectivity index (χ1n) is 10.5. The van der Waals surface area contributed by atoms with Crippen molar-refractivity contribution in [3.63, 3.8) is 0 Å². The lowest BCUT2D eigenvalue weighted by Crippen LogP contribution is -2.11. The highest BCUT2D eigenvalue weighted by molar-refractivity contribution is 6.30. The van der Waals surface area contributed by atoms with Crippen molar-refractivity contribution in [3.05, 3.63) is 83.4 Å². The van der Waals surface area contributed by atoms with Gasteiger partial charge in [-0.2, -0.15) is 10.2 Å². The molecule has 4 heterocycles. The lowest BCUT2D eigenvalue weighted by Gasteiger charge is -2.17. The van der Waals surface area contributed by atoms with E-state index in [0.29, 0.717) is 5.02 Å². The SMILES string of the molecule is Cc1cc2nnn(-c3ccc4cn[nH]c4c3)c2cc1-c1ccnn1C(C)c1ccc(Cl)cn1. The highest BCUT2D eigenvalue weighted by Crippen LogP contribution is 2.31. The molecule has 0 radical (unpaired) electrons. The smallest absolute Gasteiger partial charge is 0.113 e. The first kappa shape index (κ1) is 19.6. The van der Waals surface area contributed by atoms with E-state index in [-0.39, 0.29) is 6.04 Å². The summed E-state index contributed by atoms with van der Waals surface area (Å²) in [5, 5.41) is 22.2. The van der Waals surface area contributed by atoms with Crippen molar-refractivity contribution in [1.82, 2.24) is 40.0 Å². The molecule has 0 fully saturated rings. The zero-order valence-corrected chi connectivity index (χ0v) is 18.7. The van der Waals surface area contributed by atoms with Gasteiger partial charge in [-0.3, -0.25) is 14.8 Å². The molecule has 1 unspecified atom stereocenters. The van der Waals surface area contributed by atoms with Crippen LogP contribution >= 0.6 is 11.6 Å². The summed E-state index contributed by atoms with van der Waals surface area (Å²) in [6.45, 7) is 4.15. The molecule has 1 atom stereocenters. The number of hydrogen-bond donors (Lipinski definition) is 1. The Labute approximate surface area is 193 Å². The fraction of sp³-hybridized carbons (Fsp3) is 0.125. The number of pyridine rings is 1. The summed E-state index contributed by atoms with van der Waals surface area (Å²) in [6.07, 6.45) is 5.28. The minimum absolute atomic E-state index is 0.0619. The van der Waals surface area contributed by atoms with E-state index in [9.17, 15) is 0 Å². The van der Waals surface area contributed by atoms with E-state index in [4.69, 9.17) is 11.6 Å². The second-order valence-corrected chi connectivity index (χ2v) is 8.47. The topological polar surface area (TPSA) is 90.1 Å². The molecule has 0 aliphatic heterocycles. The standard InChI is InChI=1S/C24H19ClN8/c1-14-9-22-24(33(31-30-22)18-5-3-16-12-27-29-21(16)10-18)11-19(14)23-7-8-28-32(23)15(2)20-6-4-17(25)13-26-20/h3-13,15H,1-2H3,(H,27,29). The molecule has 6 aromatic rings. The molecule has 0 aliphatic carbocycles. The van der Waals surface area contributed by atoms with Crippen LogP contribution in [0.4, 0.5) is 0 Å². The fourth-order valence-electron chi connectivity index (χ4n) is 4.19. The highest BCUT2D eigenvalue weighted by Gasteiger charge is 2.18. The summed E-state index contributed by atoms with van der Waals surface area (Å²) in [5.74, 6) is 0. The van der Waals surface area contributed by atoms with Crippen molar-refractivity contribution in [2.24, 2.45) is 0 Å². The molecular weight excluding hydrogens is 436 g/mol. The Hall–Kier alpha value is -4.04. The van der Waals surface area contributed by atoms with E-state index in [0.717, 1.165) is 50.1 Å². The molecule has 6 rings (SSSR count). The number of H-pyrrole nitrogens is 1. The zero-order chi connectivity index (χ0) is 22.5. The van der Waals surface area contributed by atoms with Crippen LogP contribution in [-0.2, 0) is 0 Å². The van der Waals surface area contributed by atoms with E-state index in [1.165, 1.54) is 0 Å². The number of fused-ring (bicyclic) bond motifs is 2. The molecule has 8 nitrogen and oxygen atoms in total. The van der Waals surface area contributed by atoms with Gasteiger partial charge in [0.05, 0.1) is 45.4 Å². The second-order valence-electron chi connectivity index (χ2n) is 8.04. The third-order valence-corrected chi connectivity index (χ3v) is 6.18. The highest BCUT2D eigenvalue weighted by atomic mass is 35.5. The maximum atomic E-state index is 6.02. The van der Waals surface area contributed by atoms with E-state index in [1.807, 2.05) is 52.0 Å². The van der Waals surface area contributed by atoms with Crippen LogP contribution < -0.4 is 0 Å². The Morgan fingerprint density at radius 3 is 2.79 bits per heavy atom. The van der Waals surface area contributed by atoms with Crippen LogP contribution in [0.25, 0.3) is 38.9 Å². The quantitative estimate of drug-likeness (QED) is 0.399. The predicted molar refractivity (Wildman–Crippen MR) is 128 cm³/mol. The van der Waals surface area contributed by atoms with Crippen LogP contribution in [0, 0.1) is 6.92 Å². The van der Waals surface area contributed by atoms with Crippen molar-refractivity contribution in [2.45, 2.75) is 19.9 Å². The molecule has 162 valence electrons. The molecule has 0 spiro atoms. The summed E-state index contributed by atoms with van der Waals surface area (Å²) in [6, 6.07) is 16.0. The lowest BCUT2D eigenvalue weighted by molar-refractivity contribution is 0.557. The largest absolute Gasteiger partial charge is 0.278 e. The van der Waals surface area contributed by atoms with Crippen LogP contribution in [0.1, 0.15) is 24.2 Å². The number of benzene rings is 2. The molecule has 0 saturated carbocycles. The third-order valence-electron chi connectivity index (χ3n) is 5.95. The molecule has 0 saturated heterocycles. The number of hydrogen-bond acceptors (Lipinski definition) is 5. The first-order valence-corrected chi connectivity index (χ1v) is 10.9. The summed E-state index contributed by atoms with van der Waals surface area (Å²) in [7, 11) is 0. The van der Waals surface area contributed by atoms with Gasteiger partial charge in [0.15, 0.2) is 0 Å². The second kappa shape index (κ2) is 7.53. The van der Waals surface area contributed by atoms with E-state index >= 15 is 0 Å². The Morgan fingerprint density at radius 2 is 1.94 bits per heavy atom. The van der Waals surface area contributed by atoms with Gasteiger partial charge in [0.25, 0.3) is 0 Å². The van der Waals surface area contributed by atoms with Gasteiger partial charge >= 0.3 is 0 Å². The summed E-state index contributed by atoms with van der Waals surface area (Å²) in [4.78, 5) is 4.48. The molecule has 0 amide bonds. The maximum Gasteiger partial charge on any atom is 0.113 e. The predicted octanol–water partition coefficient (Wildman–Crippen LogP) is 5.13. The molecule has 33 heavy (non-hydrogen) atoms. The van der Waals surface area contributed by atoms with Crippen molar-refractivity contribution in [3.8, 4) is 16.9 Å². The minimum Gasteiger partial charge on any atom is -0.278 e. The van der Waals surface area contributed by atoms with Crippen LogP contribution in [0.5, 0.6) is 0 Å². The maximum absolute atomic E-state index is 6.02. The summed E-state index contributed by atoms with van der Waals surface area (Å²) >= 11 is 6.02. The summed E-state index contributed by atoms with van der Waals surface area (Å²) < 4.78 is 3.83. The molecule has 4 aromatic heterocycles. The number of aromatic amines is 1. The molecule has 2 aromatic carbocycles. The van der Waals surface area contributed by atoms with E-state index < -0.39 is 0 Å². The van der Waals surface area contributed by atoms with Crippen molar-refractivity contribution < 1.29 is 0 Å². The van der Waals surface area contributed by atoms with Gasteiger partial charge in [0.1, 0.15) is 5.52 Å². The van der Waals surface area contributed by atoms with E-state index in [1.54, 1.807) is 12.4 Å². The fourth-order valence-corrected chi connectivity index (χ4v) is 4.30. The van der Waals surface area contributed by atoms with Crippen LogP contribution in [-0.4, -0.2) is 40.0 Å². The van der Waals surface area contributed by atoms with Crippen LogP contribution in [0.3, 0.4) is 0 Å². The molecular formula is C24H19ClN8. The van der Waals surface area contributed by atoms with Crippen LogP contribution in [0.2, 0.25) is 5.02 Å². The van der Waals surface area contributed by atoms with Gasteiger partial charge in [-0.25, -0.2) is 4.68 Å². The van der Waals surface area contributed by atoms with Crippen molar-refractivity contribution in [1.29, 1.82) is 0 Å². The first-order chi connectivity index (χ1) is 16.1. The molecule has 0 aliphatic rings. The zero-order valence-electron chi connectivity index (χ0n) is 17.9. The normalized spacial score (nSPS) is 12.6. The van der Waals surface area contributed by atoms with Gasteiger partial charge in [0.2, 0.25) is 0 Å². The number of aryl methyl sites for hydroxylation is 1. The van der Waals surface area contributed by atoms with Crippen molar-refractivity contribution in [2.75, 3.05) is 0 Å². The minimum atomic E-state index is -0.0619. The molecule has 9 heteroatoms. The van der Waals surface area contributed by atoms with E-state index in [2.05, 4.69) is 56.6 Å². The Kier molecular flexibility index (Phi) is 4.48. The Balaban J connectivity index is 1.47. The number of aromatic nitrogens is 8. The van der Waals surface area contributed by atoms with Gasteiger partial charge in [0, 0.05) is 23.3 Å². The monoisotopic (exact) mass is 454 g/mol. The van der Waals surface area contributed by atoms with Crippen molar-refractivity contribution >= 4 is 33.5 Å². The van der Waals surface area contributed by atoms with Gasteiger partial charge in [-0.15, -0.1) is 5.10 Å². The van der Waals surface area contributed by atoms with Gasteiger partial charge < -0.3 is 0 Å². The molecule has 0 bridgehead atoms. The number of halogens is 1.